The number of hydrogen-bond acceptors (Lipinski definition) is 5. The van der Waals surface area contributed by atoms with Crippen LogP contribution >= 0.6 is 0 Å². The van der Waals surface area contributed by atoms with Crippen molar-refractivity contribution in [3.05, 3.63) is 18.3 Å². The lowest BCUT2D eigenvalue weighted by Crippen LogP contribution is -2.60. The molecule has 1 aromatic carbocycles. The van der Waals surface area contributed by atoms with Crippen molar-refractivity contribution in [2.24, 2.45) is 0 Å². The number of nitrogens with one attached hydrogen (secondary N) is 2. The van der Waals surface area contributed by atoms with Crippen molar-refractivity contribution < 1.29 is 13.2 Å². The molecule has 1 saturated heterocycles. The van der Waals surface area contributed by atoms with E-state index in [2.05, 4.69) is 20.4 Å². The zero-order valence-corrected chi connectivity index (χ0v) is 15.6. The molecule has 1 aromatic heterocycles. The van der Waals surface area contributed by atoms with E-state index >= 15 is 0 Å². The first-order chi connectivity index (χ1) is 11.6. The van der Waals surface area contributed by atoms with Gasteiger partial charge in [-0.3, -0.25) is 9.89 Å². The summed E-state index contributed by atoms with van der Waals surface area (Å²) in [5, 5.41) is 10.8. The molecule has 3 rings (SSSR count). The van der Waals surface area contributed by atoms with Gasteiger partial charge in [0.15, 0.2) is 0 Å². The zero-order chi connectivity index (χ0) is 18.4. The largest absolute Gasteiger partial charge is 0.368 e. The number of benzene rings is 1. The van der Waals surface area contributed by atoms with Gasteiger partial charge in [0.1, 0.15) is 0 Å². The van der Waals surface area contributed by atoms with E-state index < -0.39 is 15.6 Å². The number of anilines is 2. The molecule has 1 aliphatic rings. The lowest BCUT2D eigenvalue weighted by atomic mass is 10.0. The number of piperazine rings is 1. The number of carbonyl (C=O) groups excluding carboxylic acids is 1. The standard InChI is InChI=1S/C16H23N5O3S/c1-11(22)18-12-7-14-13(9-17-19-14)15(8-12)20-5-6-21(25(4,23)24)16(2,3)10-20/h7-9H,5-6,10H2,1-4H3,(H,17,19)(H,18,22). The number of carbonyl (C=O) groups is 1. The third-order valence-corrected chi connectivity index (χ3v) is 5.90. The first kappa shape index (κ1) is 17.7. The summed E-state index contributed by atoms with van der Waals surface area (Å²) >= 11 is 0. The van der Waals surface area contributed by atoms with Gasteiger partial charge in [-0.2, -0.15) is 9.40 Å². The molecule has 9 heteroatoms. The third-order valence-electron chi connectivity index (χ3n) is 4.42. The van der Waals surface area contributed by atoms with Crippen LogP contribution in [0.4, 0.5) is 11.4 Å². The Bertz CT molecular complexity index is 919. The number of hydrogen-bond donors (Lipinski definition) is 2. The Hall–Kier alpha value is -2.13. The van der Waals surface area contributed by atoms with Crippen LogP contribution in [-0.2, 0) is 14.8 Å². The number of rotatable bonds is 3. The minimum Gasteiger partial charge on any atom is -0.368 e. The van der Waals surface area contributed by atoms with E-state index in [1.54, 1.807) is 10.5 Å². The highest BCUT2D eigenvalue weighted by Gasteiger charge is 2.39. The van der Waals surface area contributed by atoms with Gasteiger partial charge in [0, 0.05) is 48.9 Å². The molecule has 0 aliphatic carbocycles. The molecule has 1 aliphatic heterocycles. The van der Waals surface area contributed by atoms with E-state index in [4.69, 9.17) is 0 Å². The lowest BCUT2D eigenvalue weighted by molar-refractivity contribution is -0.114. The Kier molecular flexibility index (Phi) is 4.24. The van der Waals surface area contributed by atoms with Crippen molar-refractivity contribution in [2.45, 2.75) is 26.3 Å². The topological polar surface area (TPSA) is 98.4 Å². The van der Waals surface area contributed by atoms with Gasteiger partial charge in [0.05, 0.1) is 18.0 Å². The van der Waals surface area contributed by atoms with Crippen LogP contribution in [0.5, 0.6) is 0 Å². The first-order valence-electron chi connectivity index (χ1n) is 8.05. The Morgan fingerprint density at radius 2 is 2.04 bits per heavy atom. The van der Waals surface area contributed by atoms with Gasteiger partial charge in [-0.05, 0) is 26.0 Å². The molecule has 0 bridgehead atoms. The van der Waals surface area contributed by atoms with Gasteiger partial charge in [-0.1, -0.05) is 0 Å². The van der Waals surface area contributed by atoms with E-state index in [9.17, 15) is 13.2 Å². The minimum atomic E-state index is -3.26. The second-order valence-corrected chi connectivity index (χ2v) is 8.98. The molecule has 1 amide bonds. The fraction of sp³-hybridized carbons (Fsp3) is 0.500. The molecule has 136 valence electrons. The second kappa shape index (κ2) is 5.99. The molecule has 0 spiro atoms. The van der Waals surface area contributed by atoms with Gasteiger partial charge >= 0.3 is 0 Å². The molecule has 0 unspecified atom stereocenters. The molecule has 2 aromatic rings. The van der Waals surface area contributed by atoms with E-state index in [1.165, 1.54) is 13.2 Å². The minimum absolute atomic E-state index is 0.146. The number of aromatic nitrogens is 2. The predicted octanol–water partition coefficient (Wildman–Crippen LogP) is 1.38. The summed E-state index contributed by atoms with van der Waals surface area (Å²) < 4.78 is 25.6. The second-order valence-electron chi connectivity index (χ2n) is 7.08. The van der Waals surface area contributed by atoms with Crippen LogP contribution in [0.25, 0.3) is 10.9 Å². The highest BCUT2D eigenvalue weighted by Crippen LogP contribution is 2.34. The SMILES string of the molecule is CC(=O)Nc1cc(N2CCN(S(C)(=O)=O)C(C)(C)C2)c2cn[nH]c2c1. The smallest absolute Gasteiger partial charge is 0.221 e. The maximum atomic E-state index is 12.0. The predicted molar refractivity (Wildman–Crippen MR) is 98.2 cm³/mol. The van der Waals surface area contributed by atoms with Crippen LogP contribution in [0, 0.1) is 0 Å². The summed E-state index contributed by atoms with van der Waals surface area (Å²) in [5.74, 6) is -0.146. The maximum absolute atomic E-state index is 12.0. The molecule has 25 heavy (non-hydrogen) atoms. The first-order valence-corrected chi connectivity index (χ1v) is 9.90. The molecular weight excluding hydrogens is 342 g/mol. The average Bonchev–Trinajstić information content (AvgIpc) is 2.91. The van der Waals surface area contributed by atoms with Crippen LogP contribution in [0.1, 0.15) is 20.8 Å². The van der Waals surface area contributed by atoms with Crippen LogP contribution in [0.3, 0.4) is 0 Å². The Labute approximate surface area is 147 Å². The van der Waals surface area contributed by atoms with Gasteiger partial charge in [0.2, 0.25) is 15.9 Å². The van der Waals surface area contributed by atoms with Gasteiger partial charge in [-0.25, -0.2) is 8.42 Å². The fourth-order valence-corrected chi connectivity index (χ4v) is 4.90. The lowest BCUT2D eigenvalue weighted by Gasteiger charge is -2.46. The van der Waals surface area contributed by atoms with Crippen molar-refractivity contribution in [2.75, 3.05) is 36.1 Å². The summed E-state index contributed by atoms with van der Waals surface area (Å²) in [7, 11) is -3.26. The van der Waals surface area contributed by atoms with E-state index in [0.29, 0.717) is 25.3 Å². The number of H-pyrrole nitrogens is 1. The van der Waals surface area contributed by atoms with E-state index in [1.807, 2.05) is 26.0 Å². The number of nitrogens with zero attached hydrogens (tertiary/aromatic N) is 3. The molecule has 0 saturated carbocycles. The summed E-state index contributed by atoms with van der Waals surface area (Å²) in [5.41, 5.74) is 1.90. The summed E-state index contributed by atoms with van der Waals surface area (Å²) in [6.45, 7) is 6.83. The van der Waals surface area contributed by atoms with E-state index in [-0.39, 0.29) is 5.91 Å². The monoisotopic (exact) mass is 365 g/mol. The van der Waals surface area contributed by atoms with Crippen LogP contribution in [0.15, 0.2) is 18.3 Å². The number of sulfonamides is 1. The summed E-state index contributed by atoms with van der Waals surface area (Å²) in [6.07, 6.45) is 2.99. The van der Waals surface area contributed by atoms with Gasteiger partial charge < -0.3 is 10.2 Å². The molecule has 1 fully saturated rings. The van der Waals surface area contributed by atoms with Crippen molar-refractivity contribution in [3.63, 3.8) is 0 Å². The Morgan fingerprint density at radius 1 is 1.32 bits per heavy atom. The molecule has 8 nitrogen and oxygen atoms in total. The Morgan fingerprint density at radius 3 is 2.64 bits per heavy atom. The fourth-order valence-electron chi connectivity index (χ4n) is 3.53. The molecule has 0 atom stereocenters. The highest BCUT2D eigenvalue weighted by atomic mass is 32.2. The van der Waals surface area contributed by atoms with Gasteiger partial charge in [0.25, 0.3) is 0 Å². The normalized spacial score (nSPS) is 18.5. The summed E-state index contributed by atoms with van der Waals surface area (Å²) in [4.78, 5) is 13.6. The maximum Gasteiger partial charge on any atom is 0.221 e. The van der Waals surface area contributed by atoms with Crippen LogP contribution < -0.4 is 10.2 Å². The number of amides is 1. The van der Waals surface area contributed by atoms with Crippen LogP contribution in [0.2, 0.25) is 0 Å². The Balaban J connectivity index is 1.99. The van der Waals surface area contributed by atoms with Crippen molar-refractivity contribution >= 4 is 38.2 Å². The van der Waals surface area contributed by atoms with Crippen molar-refractivity contribution in [1.82, 2.24) is 14.5 Å². The molecule has 0 radical (unpaired) electrons. The van der Waals surface area contributed by atoms with Crippen molar-refractivity contribution in [3.8, 4) is 0 Å². The molecule has 2 N–H and O–H groups in total. The quantitative estimate of drug-likeness (QED) is 0.856. The zero-order valence-electron chi connectivity index (χ0n) is 14.8. The van der Waals surface area contributed by atoms with Crippen LogP contribution in [-0.4, -0.2) is 60.3 Å². The summed E-state index contributed by atoms with van der Waals surface area (Å²) in [6, 6.07) is 3.75. The van der Waals surface area contributed by atoms with E-state index in [0.717, 1.165) is 16.6 Å². The molecule has 2 heterocycles. The number of aromatic amines is 1. The number of fused-ring (bicyclic) bond motifs is 1. The third kappa shape index (κ3) is 3.47. The molecular formula is C16H23N5O3S. The highest BCUT2D eigenvalue weighted by molar-refractivity contribution is 7.88. The van der Waals surface area contributed by atoms with Gasteiger partial charge in [-0.15, -0.1) is 0 Å². The average molecular weight is 365 g/mol. The van der Waals surface area contributed by atoms with Crippen molar-refractivity contribution in [1.29, 1.82) is 0 Å².